The van der Waals surface area contributed by atoms with Gasteiger partial charge in [-0.2, -0.15) is 0 Å². The first-order valence-corrected chi connectivity index (χ1v) is 8.18. The van der Waals surface area contributed by atoms with Crippen LogP contribution in [0.2, 0.25) is 5.02 Å². The summed E-state index contributed by atoms with van der Waals surface area (Å²) in [7, 11) is 1.84. The first kappa shape index (κ1) is 15.9. The third-order valence-corrected chi connectivity index (χ3v) is 4.62. The fraction of sp³-hybridized carbons (Fsp3) is 0.235. The van der Waals surface area contributed by atoms with E-state index in [0.29, 0.717) is 13.0 Å². The number of halogens is 1. The molecule has 0 radical (unpaired) electrons. The van der Waals surface area contributed by atoms with E-state index in [0.717, 1.165) is 21.2 Å². The van der Waals surface area contributed by atoms with Crippen LogP contribution in [0.3, 0.4) is 0 Å². The van der Waals surface area contributed by atoms with E-state index in [-0.39, 0.29) is 5.91 Å². The van der Waals surface area contributed by atoms with Gasteiger partial charge in [-0.3, -0.25) is 4.79 Å². The highest BCUT2D eigenvalue weighted by molar-refractivity contribution is 7.99. The number of hydrogen-bond acceptors (Lipinski definition) is 2. The fourth-order valence-electron chi connectivity index (χ4n) is 1.95. The van der Waals surface area contributed by atoms with Gasteiger partial charge in [0.25, 0.3) is 0 Å². The molecular weight excluding hydrogens is 302 g/mol. The summed E-state index contributed by atoms with van der Waals surface area (Å²) < 4.78 is 0. The molecule has 4 heteroatoms. The molecule has 0 aliphatic heterocycles. The third kappa shape index (κ3) is 5.10. The molecule has 0 aliphatic carbocycles. The molecule has 0 aliphatic rings. The Morgan fingerprint density at radius 3 is 2.48 bits per heavy atom. The Kier molecular flexibility index (Phi) is 6.15. The van der Waals surface area contributed by atoms with Crippen molar-refractivity contribution in [2.45, 2.75) is 17.9 Å². The number of amides is 1. The van der Waals surface area contributed by atoms with Gasteiger partial charge in [0.05, 0.1) is 5.02 Å². The molecule has 2 rings (SSSR count). The van der Waals surface area contributed by atoms with Crippen molar-refractivity contribution in [1.29, 1.82) is 0 Å². The number of carbonyl (C=O) groups is 1. The monoisotopic (exact) mass is 319 g/mol. The molecule has 0 unspecified atom stereocenters. The Morgan fingerprint density at radius 2 is 1.76 bits per heavy atom. The molecule has 2 aromatic rings. The quantitative estimate of drug-likeness (QED) is 0.732. The van der Waals surface area contributed by atoms with Crippen molar-refractivity contribution >= 4 is 29.3 Å². The summed E-state index contributed by atoms with van der Waals surface area (Å²) in [5, 5.41) is 0.743. The number of thioether (sulfide) groups is 1. The minimum Gasteiger partial charge on any atom is -0.341 e. The van der Waals surface area contributed by atoms with Gasteiger partial charge in [-0.15, -0.1) is 11.8 Å². The van der Waals surface area contributed by atoms with Crippen molar-refractivity contribution in [3.05, 3.63) is 65.2 Å². The van der Waals surface area contributed by atoms with Crippen molar-refractivity contribution in [2.24, 2.45) is 0 Å². The van der Waals surface area contributed by atoms with E-state index in [2.05, 4.69) is 0 Å². The molecule has 0 atom stereocenters. The van der Waals surface area contributed by atoms with Crippen LogP contribution in [0, 0.1) is 0 Å². The lowest BCUT2D eigenvalue weighted by Crippen LogP contribution is -2.26. The summed E-state index contributed by atoms with van der Waals surface area (Å²) in [5.41, 5.74) is 1.15. The minimum absolute atomic E-state index is 0.151. The summed E-state index contributed by atoms with van der Waals surface area (Å²) in [6.45, 7) is 0.649. The van der Waals surface area contributed by atoms with Crippen molar-refractivity contribution in [1.82, 2.24) is 4.90 Å². The van der Waals surface area contributed by atoms with E-state index in [1.807, 2.05) is 61.6 Å². The average molecular weight is 320 g/mol. The maximum atomic E-state index is 12.1. The van der Waals surface area contributed by atoms with Crippen LogP contribution in [0.25, 0.3) is 0 Å². The van der Waals surface area contributed by atoms with Crippen LogP contribution < -0.4 is 0 Å². The second kappa shape index (κ2) is 8.11. The van der Waals surface area contributed by atoms with Crippen molar-refractivity contribution in [3.8, 4) is 0 Å². The number of hydrogen-bond donors (Lipinski definition) is 0. The molecule has 2 aromatic carbocycles. The predicted octanol–water partition coefficient (Wildman–Crippen LogP) is 4.48. The Hall–Kier alpha value is -1.45. The van der Waals surface area contributed by atoms with Crippen LogP contribution in [-0.2, 0) is 11.3 Å². The first-order chi connectivity index (χ1) is 10.2. The SMILES string of the molecule is CN(Cc1ccccc1)C(=O)CCSc1ccccc1Cl. The molecule has 0 bridgehead atoms. The molecule has 2 nitrogen and oxygen atoms in total. The van der Waals surface area contributed by atoms with E-state index in [9.17, 15) is 4.79 Å². The van der Waals surface area contributed by atoms with E-state index in [4.69, 9.17) is 11.6 Å². The van der Waals surface area contributed by atoms with Gasteiger partial charge in [0.1, 0.15) is 0 Å². The topological polar surface area (TPSA) is 20.3 Å². The van der Waals surface area contributed by atoms with Crippen LogP contribution in [0.4, 0.5) is 0 Å². The maximum Gasteiger partial charge on any atom is 0.223 e. The maximum absolute atomic E-state index is 12.1. The number of carbonyl (C=O) groups excluding carboxylic acids is 1. The highest BCUT2D eigenvalue weighted by Crippen LogP contribution is 2.27. The molecule has 0 saturated carbocycles. The number of rotatable bonds is 6. The lowest BCUT2D eigenvalue weighted by Gasteiger charge is -2.17. The van der Waals surface area contributed by atoms with Crippen LogP contribution in [-0.4, -0.2) is 23.6 Å². The number of nitrogens with zero attached hydrogens (tertiary/aromatic N) is 1. The Labute approximate surface area is 135 Å². The second-order valence-corrected chi connectivity index (χ2v) is 6.31. The van der Waals surface area contributed by atoms with Crippen LogP contribution >= 0.6 is 23.4 Å². The van der Waals surface area contributed by atoms with Crippen molar-refractivity contribution < 1.29 is 4.79 Å². The Bertz CT molecular complexity index is 588. The summed E-state index contributed by atoms with van der Waals surface area (Å²) in [4.78, 5) is 14.9. The average Bonchev–Trinajstić information content (AvgIpc) is 2.50. The van der Waals surface area contributed by atoms with Gasteiger partial charge in [0.2, 0.25) is 5.91 Å². The molecule has 0 aromatic heterocycles. The summed E-state index contributed by atoms with van der Waals surface area (Å²) in [6, 6.07) is 17.7. The summed E-state index contributed by atoms with van der Waals surface area (Å²) in [6.07, 6.45) is 0.513. The van der Waals surface area contributed by atoms with Gasteiger partial charge in [-0.1, -0.05) is 54.1 Å². The normalized spacial score (nSPS) is 10.4. The molecule has 0 spiro atoms. The summed E-state index contributed by atoms with van der Waals surface area (Å²) >= 11 is 7.71. The predicted molar refractivity (Wildman–Crippen MR) is 89.7 cm³/mol. The molecule has 0 saturated heterocycles. The van der Waals surface area contributed by atoms with Crippen LogP contribution in [0.5, 0.6) is 0 Å². The summed E-state index contributed by atoms with van der Waals surface area (Å²) in [5.74, 6) is 0.889. The first-order valence-electron chi connectivity index (χ1n) is 6.82. The van der Waals surface area contributed by atoms with Gasteiger partial charge in [-0.25, -0.2) is 0 Å². The smallest absolute Gasteiger partial charge is 0.223 e. The number of benzene rings is 2. The van der Waals surface area contributed by atoms with Gasteiger partial charge >= 0.3 is 0 Å². The highest BCUT2D eigenvalue weighted by Gasteiger charge is 2.09. The molecule has 0 N–H and O–H groups in total. The molecule has 0 heterocycles. The molecule has 110 valence electrons. The zero-order chi connectivity index (χ0) is 15.1. The van der Waals surface area contributed by atoms with E-state index in [1.165, 1.54) is 0 Å². The van der Waals surface area contributed by atoms with Crippen molar-refractivity contribution in [3.63, 3.8) is 0 Å². The van der Waals surface area contributed by atoms with E-state index < -0.39 is 0 Å². The molecule has 0 fully saturated rings. The molecule has 1 amide bonds. The molecular formula is C17H18ClNOS. The zero-order valence-electron chi connectivity index (χ0n) is 12.0. The Morgan fingerprint density at radius 1 is 1.10 bits per heavy atom. The lowest BCUT2D eigenvalue weighted by atomic mass is 10.2. The fourth-order valence-corrected chi connectivity index (χ4v) is 3.12. The third-order valence-electron chi connectivity index (χ3n) is 3.10. The highest BCUT2D eigenvalue weighted by atomic mass is 35.5. The van der Waals surface area contributed by atoms with Gasteiger partial charge in [0, 0.05) is 30.7 Å². The minimum atomic E-state index is 0.151. The van der Waals surface area contributed by atoms with Crippen LogP contribution in [0.15, 0.2) is 59.5 Å². The van der Waals surface area contributed by atoms with Crippen molar-refractivity contribution in [2.75, 3.05) is 12.8 Å². The van der Waals surface area contributed by atoms with Crippen LogP contribution in [0.1, 0.15) is 12.0 Å². The van der Waals surface area contributed by atoms with E-state index >= 15 is 0 Å². The van der Waals surface area contributed by atoms with Gasteiger partial charge in [0.15, 0.2) is 0 Å². The van der Waals surface area contributed by atoms with E-state index in [1.54, 1.807) is 16.7 Å². The lowest BCUT2D eigenvalue weighted by molar-refractivity contribution is -0.129. The van der Waals surface area contributed by atoms with Gasteiger partial charge in [-0.05, 0) is 17.7 Å². The Balaban J connectivity index is 1.78. The zero-order valence-corrected chi connectivity index (χ0v) is 13.5. The molecule has 21 heavy (non-hydrogen) atoms. The standard InChI is InChI=1S/C17H18ClNOS/c1-19(13-14-7-3-2-4-8-14)17(20)11-12-21-16-10-6-5-9-15(16)18/h2-10H,11-13H2,1H3. The van der Waals surface area contributed by atoms with Gasteiger partial charge < -0.3 is 4.90 Å². The second-order valence-electron chi connectivity index (χ2n) is 4.76. The largest absolute Gasteiger partial charge is 0.341 e.